The van der Waals surface area contributed by atoms with Crippen LogP contribution in [0.5, 0.6) is 0 Å². The Morgan fingerprint density at radius 2 is 1.86 bits per heavy atom. The van der Waals surface area contributed by atoms with E-state index in [0.717, 1.165) is 15.6 Å². The van der Waals surface area contributed by atoms with Crippen LogP contribution in [0, 0.1) is 6.92 Å². The third-order valence-electron chi connectivity index (χ3n) is 3.15. The molecule has 0 aromatic heterocycles. The summed E-state index contributed by atoms with van der Waals surface area (Å²) in [5, 5.41) is 3.18. The maximum atomic E-state index is 12.0. The second-order valence-electron chi connectivity index (χ2n) is 4.64. The molecule has 112 valence electrons. The summed E-state index contributed by atoms with van der Waals surface area (Å²) >= 11 is 3.46. The third kappa shape index (κ3) is 3.84. The van der Waals surface area contributed by atoms with E-state index >= 15 is 0 Å². The monoisotopic (exact) mass is 368 g/mol. The molecule has 0 bridgehead atoms. The highest BCUT2D eigenvalue weighted by molar-refractivity contribution is 9.10. The van der Waals surface area contributed by atoms with E-state index in [0.29, 0.717) is 12.2 Å². The van der Waals surface area contributed by atoms with Gasteiger partial charge >= 0.3 is 0 Å². The van der Waals surface area contributed by atoms with Gasteiger partial charge < -0.3 is 5.32 Å². The molecule has 0 aliphatic rings. The average molecular weight is 369 g/mol. The van der Waals surface area contributed by atoms with Crippen molar-refractivity contribution in [2.24, 2.45) is 0 Å². The fraction of sp³-hybridized carbons (Fsp3) is 0.200. The Hall–Kier alpha value is -1.37. The van der Waals surface area contributed by atoms with Crippen LogP contribution < -0.4 is 10.0 Å². The van der Waals surface area contributed by atoms with E-state index in [1.807, 2.05) is 25.1 Å². The smallest absolute Gasteiger partial charge is 0.242 e. The van der Waals surface area contributed by atoms with Gasteiger partial charge in [0.05, 0.1) is 5.69 Å². The van der Waals surface area contributed by atoms with Crippen molar-refractivity contribution in [1.82, 2.24) is 4.72 Å². The highest BCUT2D eigenvalue weighted by Gasteiger charge is 2.15. The molecule has 2 N–H and O–H groups in total. The zero-order chi connectivity index (χ0) is 15.5. The molecule has 0 fully saturated rings. The van der Waals surface area contributed by atoms with Crippen LogP contribution in [0.25, 0.3) is 0 Å². The number of rotatable bonds is 5. The van der Waals surface area contributed by atoms with E-state index in [2.05, 4.69) is 32.0 Å². The van der Waals surface area contributed by atoms with Gasteiger partial charge in [0, 0.05) is 11.0 Å². The minimum atomic E-state index is -3.47. The van der Waals surface area contributed by atoms with Gasteiger partial charge in [0.15, 0.2) is 0 Å². The maximum absolute atomic E-state index is 12.0. The topological polar surface area (TPSA) is 58.2 Å². The second-order valence-corrected chi connectivity index (χ2v) is 7.35. The summed E-state index contributed by atoms with van der Waals surface area (Å²) in [7, 11) is -2.06. The maximum Gasteiger partial charge on any atom is 0.242 e. The van der Waals surface area contributed by atoms with Crippen molar-refractivity contribution in [2.75, 3.05) is 12.4 Å². The van der Waals surface area contributed by atoms with E-state index in [1.54, 1.807) is 18.2 Å². The number of nitrogens with one attached hydrogen (secondary N) is 2. The van der Waals surface area contributed by atoms with Crippen molar-refractivity contribution in [3.63, 3.8) is 0 Å². The summed E-state index contributed by atoms with van der Waals surface area (Å²) in [5.41, 5.74) is 2.82. The first-order valence-electron chi connectivity index (χ1n) is 6.45. The number of aryl methyl sites for hydroxylation is 1. The average Bonchev–Trinajstić information content (AvgIpc) is 2.49. The predicted molar refractivity (Wildman–Crippen MR) is 88.9 cm³/mol. The fourth-order valence-electron chi connectivity index (χ4n) is 1.97. The zero-order valence-corrected chi connectivity index (χ0v) is 14.3. The van der Waals surface area contributed by atoms with Gasteiger partial charge in [-0.25, -0.2) is 13.1 Å². The number of hydrogen-bond donors (Lipinski definition) is 2. The minimum Gasteiger partial charge on any atom is -0.380 e. The Morgan fingerprint density at radius 1 is 1.14 bits per heavy atom. The quantitative estimate of drug-likeness (QED) is 0.851. The third-order valence-corrected chi connectivity index (χ3v) is 5.51. The lowest BCUT2D eigenvalue weighted by Crippen LogP contribution is -2.20. The minimum absolute atomic E-state index is 0.251. The fourth-order valence-corrected chi connectivity index (χ4v) is 3.13. The van der Waals surface area contributed by atoms with Crippen molar-refractivity contribution >= 4 is 31.6 Å². The van der Waals surface area contributed by atoms with Crippen molar-refractivity contribution in [3.8, 4) is 0 Å². The second kappa shape index (κ2) is 6.60. The molecule has 0 spiro atoms. The van der Waals surface area contributed by atoms with Gasteiger partial charge in [0.1, 0.15) is 4.90 Å². The molecule has 0 heterocycles. The molecule has 2 aromatic rings. The molecular weight excluding hydrogens is 352 g/mol. The summed E-state index contributed by atoms with van der Waals surface area (Å²) in [6, 6.07) is 12.9. The molecule has 2 rings (SSSR count). The molecule has 0 saturated carbocycles. The summed E-state index contributed by atoms with van der Waals surface area (Å²) in [6.45, 7) is 2.58. The van der Waals surface area contributed by atoms with Gasteiger partial charge in [0.2, 0.25) is 10.0 Å². The molecule has 0 atom stereocenters. The lowest BCUT2D eigenvalue weighted by Gasteiger charge is -2.12. The van der Waals surface area contributed by atoms with Gasteiger partial charge in [-0.15, -0.1) is 0 Å². The molecule has 0 saturated heterocycles. The van der Waals surface area contributed by atoms with Gasteiger partial charge in [-0.1, -0.05) is 40.2 Å². The number of sulfonamides is 1. The van der Waals surface area contributed by atoms with Gasteiger partial charge in [-0.3, -0.25) is 0 Å². The zero-order valence-electron chi connectivity index (χ0n) is 11.9. The van der Waals surface area contributed by atoms with Crippen molar-refractivity contribution < 1.29 is 8.42 Å². The largest absolute Gasteiger partial charge is 0.380 e. The predicted octanol–water partition coefficient (Wildman–Crippen LogP) is 3.28. The van der Waals surface area contributed by atoms with Gasteiger partial charge in [-0.2, -0.15) is 0 Å². The van der Waals surface area contributed by atoms with E-state index in [9.17, 15) is 8.42 Å². The molecule has 0 unspecified atom stereocenters. The first kappa shape index (κ1) is 16.0. The number of hydrogen-bond acceptors (Lipinski definition) is 3. The van der Waals surface area contributed by atoms with Crippen molar-refractivity contribution in [1.29, 1.82) is 0 Å². The van der Waals surface area contributed by atoms with E-state index in [-0.39, 0.29) is 4.90 Å². The number of halogens is 1. The molecule has 0 aliphatic heterocycles. The summed E-state index contributed by atoms with van der Waals surface area (Å²) in [5.74, 6) is 0. The van der Waals surface area contributed by atoms with Crippen molar-refractivity contribution in [3.05, 3.63) is 58.1 Å². The normalized spacial score (nSPS) is 11.4. The highest BCUT2D eigenvalue weighted by atomic mass is 79.9. The Labute approximate surface area is 133 Å². The summed E-state index contributed by atoms with van der Waals surface area (Å²) < 4.78 is 27.3. The standard InChI is InChI=1S/C15H17BrN2O2S/c1-11-9-12(7-8-13(11)16)10-18-14-5-3-4-6-15(14)21(19,20)17-2/h3-9,17-18H,10H2,1-2H3. The Kier molecular flexibility index (Phi) is 5.03. The molecule has 2 aromatic carbocycles. The SMILES string of the molecule is CNS(=O)(=O)c1ccccc1NCc1ccc(Br)c(C)c1. The van der Waals surface area contributed by atoms with Crippen LogP contribution in [0.15, 0.2) is 51.8 Å². The van der Waals surface area contributed by atoms with Gasteiger partial charge in [0.25, 0.3) is 0 Å². The van der Waals surface area contributed by atoms with Crippen LogP contribution >= 0.6 is 15.9 Å². The van der Waals surface area contributed by atoms with Crippen LogP contribution in [0.2, 0.25) is 0 Å². The lowest BCUT2D eigenvalue weighted by atomic mass is 10.1. The van der Waals surface area contributed by atoms with E-state index in [1.165, 1.54) is 7.05 Å². The number of benzene rings is 2. The summed E-state index contributed by atoms with van der Waals surface area (Å²) in [4.78, 5) is 0.251. The van der Waals surface area contributed by atoms with Crippen LogP contribution in [0.1, 0.15) is 11.1 Å². The van der Waals surface area contributed by atoms with Crippen LogP contribution in [-0.4, -0.2) is 15.5 Å². The molecule has 0 radical (unpaired) electrons. The molecule has 0 aliphatic carbocycles. The molecule has 0 amide bonds. The molecule has 21 heavy (non-hydrogen) atoms. The highest BCUT2D eigenvalue weighted by Crippen LogP contribution is 2.22. The Morgan fingerprint density at radius 3 is 2.52 bits per heavy atom. The van der Waals surface area contributed by atoms with Crippen LogP contribution in [-0.2, 0) is 16.6 Å². The summed E-state index contributed by atoms with van der Waals surface area (Å²) in [6.07, 6.45) is 0. The first-order chi connectivity index (χ1) is 9.94. The van der Waals surface area contributed by atoms with Crippen LogP contribution in [0.3, 0.4) is 0 Å². The van der Waals surface area contributed by atoms with Gasteiger partial charge in [-0.05, 0) is 43.3 Å². The Balaban J connectivity index is 2.23. The van der Waals surface area contributed by atoms with Crippen molar-refractivity contribution in [2.45, 2.75) is 18.4 Å². The molecule has 6 heteroatoms. The molecule has 4 nitrogen and oxygen atoms in total. The lowest BCUT2D eigenvalue weighted by molar-refractivity contribution is 0.588. The number of anilines is 1. The Bertz CT molecular complexity index is 745. The first-order valence-corrected chi connectivity index (χ1v) is 8.73. The number of para-hydroxylation sites is 1. The van der Waals surface area contributed by atoms with E-state index in [4.69, 9.17) is 0 Å². The van der Waals surface area contributed by atoms with E-state index < -0.39 is 10.0 Å². The molecular formula is C15H17BrN2O2S. The van der Waals surface area contributed by atoms with Crippen LogP contribution in [0.4, 0.5) is 5.69 Å².